The Morgan fingerprint density at radius 1 is 1.04 bits per heavy atom. The molecule has 1 amide bonds. The van der Waals surface area contributed by atoms with Crippen LogP contribution >= 0.6 is 0 Å². The Bertz CT molecular complexity index is 597. The average Bonchev–Trinajstić information content (AvgIpc) is 3.03. The summed E-state index contributed by atoms with van der Waals surface area (Å²) in [5.74, 6) is 0.941. The van der Waals surface area contributed by atoms with E-state index in [-0.39, 0.29) is 5.91 Å². The van der Waals surface area contributed by atoms with Crippen molar-refractivity contribution in [3.63, 3.8) is 0 Å². The minimum Gasteiger partial charge on any atom is -0.340 e. The average molecular weight is 314 g/mol. The topological polar surface area (TPSA) is 39.1 Å². The number of amides is 1. The smallest absolute Gasteiger partial charge is 0.260 e. The van der Waals surface area contributed by atoms with E-state index < -0.39 is 0 Å². The van der Waals surface area contributed by atoms with E-state index in [1.807, 2.05) is 30.9 Å². The fraction of sp³-hybridized carbons (Fsp3) is 0.556. The van der Waals surface area contributed by atoms with Crippen molar-refractivity contribution in [2.45, 2.75) is 20.8 Å². The molecule has 0 saturated carbocycles. The third-order valence-electron chi connectivity index (χ3n) is 4.63. The fourth-order valence-corrected chi connectivity index (χ4v) is 3.42. The molecule has 2 heterocycles. The molecule has 1 saturated heterocycles. The first-order valence-corrected chi connectivity index (χ1v) is 8.50. The minimum atomic E-state index is 0.0750. The van der Waals surface area contributed by atoms with Gasteiger partial charge in [-0.15, -0.1) is 0 Å². The van der Waals surface area contributed by atoms with E-state index in [9.17, 15) is 4.79 Å². The van der Waals surface area contributed by atoms with Crippen molar-refractivity contribution in [3.05, 3.63) is 34.9 Å². The normalized spacial score (nSPS) is 19.2. The summed E-state index contributed by atoms with van der Waals surface area (Å²) in [5.41, 5.74) is 3.02. The Morgan fingerprint density at radius 3 is 2.30 bits per heavy atom. The van der Waals surface area contributed by atoms with Crippen molar-refractivity contribution < 1.29 is 4.79 Å². The number of hydrogen-bond donors (Lipinski definition) is 0. The lowest BCUT2D eigenvalue weighted by molar-refractivity contribution is 0.0834. The lowest BCUT2D eigenvalue weighted by atomic mass is 10.1. The first-order valence-electron chi connectivity index (χ1n) is 8.50. The molecule has 0 spiro atoms. The molecule has 3 rings (SSSR count). The quantitative estimate of drug-likeness (QED) is 0.835. The second kappa shape index (κ2) is 6.71. The van der Waals surface area contributed by atoms with Gasteiger partial charge in [-0.3, -0.25) is 14.7 Å². The molecular formula is C18H26N4O. The highest BCUT2D eigenvalue weighted by atomic mass is 16.2. The summed E-state index contributed by atoms with van der Waals surface area (Å²) in [4.78, 5) is 24.1. The highest BCUT2D eigenvalue weighted by Crippen LogP contribution is 2.16. The van der Waals surface area contributed by atoms with E-state index in [2.05, 4.69) is 27.8 Å². The van der Waals surface area contributed by atoms with Crippen LogP contribution in [0, 0.1) is 13.8 Å². The molecule has 1 aromatic carbocycles. The second-order valence-corrected chi connectivity index (χ2v) is 6.44. The van der Waals surface area contributed by atoms with Gasteiger partial charge in [0.2, 0.25) is 5.96 Å². The van der Waals surface area contributed by atoms with Gasteiger partial charge in [0.15, 0.2) is 0 Å². The summed E-state index contributed by atoms with van der Waals surface area (Å²) in [6.45, 7) is 12.7. The van der Waals surface area contributed by atoms with Crippen LogP contribution in [-0.4, -0.2) is 72.4 Å². The van der Waals surface area contributed by atoms with Crippen LogP contribution in [0.2, 0.25) is 0 Å². The Balaban J connectivity index is 1.75. The van der Waals surface area contributed by atoms with Crippen molar-refractivity contribution in [1.82, 2.24) is 14.7 Å². The Morgan fingerprint density at radius 2 is 1.70 bits per heavy atom. The van der Waals surface area contributed by atoms with E-state index in [1.54, 1.807) is 0 Å². The number of hydrogen-bond acceptors (Lipinski definition) is 4. The molecule has 1 fully saturated rings. The summed E-state index contributed by atoms with van der Waals surface area (Å²) in [7, 11) is 0. The van der Waals surface area contributed by atoms with E-state index in [4.69, 9.17) is 0 Å². The molecule has 0 N–H and O–H groups in total. The van der Waals surface area contributed by atoms with Crippen molar-refractivity contribution >= 4 is 11.9 Å². The zero-order chi connectivity index (χ0) is 16.4. The molecule has 0 aromatic heterocycles. The zero-order valence-corrected chi connectivity index (χ0v) is 14.4. The number of benzene rings is 1. The van der Waals surface area contributed by atoms with Gasteiger partial charge < -0.3 is 9.80 Å². The molecule has 0 radical (unpaired) electrons. The number of aryl methyl sites for hydroxylation is 2. The number of guanidine groups is 1. The summed E-state index contributed by atoms with van der Waals surface area (Å²) in [6, 6.07) is 6.04. The SMILES string of the molecule is CCN1CCN(C2=NCCN2C(=O)c2cc(C)cc(C)c2)CC1. The Kier molecular flexibility index (Phi) is 4.66. The van der Waals surface area contributed by atoms with Gasteiger partial charge in [0.05, 0.1) is 6.54 Å². The highest BCUT2D eigenvalue weighted by Gasteiger charge is 2.30. The van der Waals surface area contributed by atoms with Gasteiger partial charge in [0.25, 0.3) is 5.91 Å². The maximum Gasteiger partial charge on any atom is 0.260 e. The number of carbonyl (C=O) groups is 1. The summed E-state index contributed by atoms with van der Waals surface area (Å²) in [5, 5.41) is 0. The van der Waals surface area contributed by atoms with Crippen molar-refractivity contribution in [2.75, 3.05) is 45.8 Å². The third kappa shape index (κ3) is 3.39. The molecule has 23 heavy (non-hydrogen) atoms. The van der Waals surface area contributed by atoms with Crippen LogP contribution in [0.4, 0.5) is 0 Å². The van der Waals surface area contributed by atoms with E-state index in [0.717, 1.165) is 55.4 Å². The van der Waals surface area contributed by atoms with Gasteiger partial charge in [-0.25, -0.2) is 0 Å². The molecule has 0 unspecified atom stereocenters. The molecule has 0 aliphatic carbocycles. The third-order valence-corrected chi connectivity index (χ3v) is 4.63. The van der Waals surface area contributed by atoms with E-state index in [1.165, 1.54) is 0 Å². The summed E-state index contributed by atoms with van der Waals surface area (Å²) < 4.78 is 0. The largest absolute Gasteiger partial charge is 0.340 e. The Labute approximate surface area is 138 Å². The van der Waals surface area contributed by atoms with Crippen LogP contribution in [0.1, 0.15) is 28.4 Å². The van der Waals surface area contributed by atoms with E-state index >= 15 is 0 Å². The molecule has 2 aliphatic rings. The lowest BCUT2D eigenvalue weighted by Crippen LogP contribution is -2.53. The monoisotopic (exact) mass is 314 g/mol. The maximum atomic E-state index is 12.9. The van der Waals surface area contributed by atoms with Crippen LogP contribution in [0.5, 0.6) is 0 Å². The van der Waals surface area contributed by atoms with Crippen LogP contribution in [0.15, 0.2) is 23.2 Å². The lowest BCUT2D eigenvalue weighted by Gasteiger charge is -2.37. The van der Waals surface area contributed by atoms with Crippen molar-refractivity contribution in [1.29, 1.82) is 0 Å². The number of carbonyl (C=O) groups excluding carboxylic acids is 1. The zero-order valence-electron chi connectivity index (χ0n) is 14.4. The Hall–Kier alpha value is -1.88. The van der Waals surface area contributed by atoms with Gasteiger partial charge >= 0.3 is 0 Å². The molecule has 124 valence electrons. The molecule has 0 bridgehead atoms. The first-order chi connectivity index (χ1) is 11.1. The number of likely N-dealkylation sites (N-methyl/N-ethyl adjacent to an activating group) is 1. The van der Waals surface area contributed by atoms with Crippen LogP contribution < -0.4 is 0 Å². The number of aliphatic imine (C=N–C) groups is 1. The number of rotatable bonds is 2. The summed E-state index contributed by atoms with van der Waals surface area (Å²) >= 11 is 0. The molecule has 5 heteroatoms. The van der Waals surface area contributed by atoms with Crippen molar-refractivity contribution in [2.24, 2.45) is 4.99 Å². The van der Waals surface area contributed by atoms with Crippen LogP contribution in [0.25, 0.3) is 0 Å². The molecule has 0 atom stereocenters. The van der Waals surface area contributed by atoms with Crippen molar-refractivity contribution in [3.8, 4) is 0 Å². The van der Waals surface area contributed by atoms with E-state index in [0.29, 0.717) is 13.1 Å². The van der Waals surface area contributed by atoms with Gasteiger partial charge in [-0.1, -0.05) is 24.1 Å². The number of nitrogens with zero attached hydrogens (tertiary/aromatic N) is 4. The highest BCUT2D eigenvalue weighted by molar-refractivity contribution is 6.06. The molecule has 1 aromatic rings. The molecular weight excluding hydrogens is 288 g/mol. The molecule has 2 aliphatic heterocycles. The summed E-state index contributed by atoms with van der Waals surface area (Å²) in [6.07, 6.45) is 0. The second-order valence-electron chi connectivity index (χ2n) is 6.44. The van der Waals surface area contributed by atoms with Crippen LogP contribution in [0.3, 0.4) is 0 Å². The van der Waals surface area contributed by atoms with Gasteiger partial charge in [-0.05, 0) is 32.5 Å². The van der Waals surface area contributed by atoms with Gasteiger partial charge in [-0.2, -0.15) is 0 Å². The first kappa shape index (κ1) is 16.0. The molecule has 5 nitrogen and oxygen atoms in total. The number of piperazine rings is 1. The van der Waals surface area contributed by atoms with Crippen LogP contribution in [-0.2, 0) is 0 Å². The standard InChI is InChI=1S/C18H26N4O/c1-4-20-7-9-21(10-8-20)18-19-5-6-22(18)17(23)16-12-14(2)11-15(3)13-16/h11-13H,4-10H2,1-3H3. The predicted molar refractivity (Wildman–Crippen MR) is 92.9 cm³/mol. The maximum absolute atomic E-state index is 12.9. The predicted octanol–water partition coefficient (Wildman–Crippen LogP) is 1.75. The fourth-order valence-electron chi connectivity index (χ4n) is 3.42. The van der Waals surface area contributed by atoms with Gasteiger partial charge in [0, 0.05) is 38.3 Å². The van der Waals surface area contributed by atoms with Gasteiger partial charge in [0.1, 0.15) is 0 Å². The minimum absolute atomic E-state index is 0.0750.